The number of pyridine rings is 1. The zero-order valence-electron chi connectivity index (χ0n) is 17.2. The van der Waals surface area contributed by atoms with E-state index in [0.29, 0.717) is 6.07 Å². The van der Waals surface area contributed by atoms with E-state index in [1.165, 1.54) is 43.6 Å². The average molecular weight is 500 g/mol. The van der Waals surface area contributed by atoms with E-state index in [1.54, 1.807) is 0 Å². The smallest absolute Gasteiger partial charge is 0.253 e. The predicted octanol–water partition coefficient (Wildman–Crippen LogP) is 5.29. The van der Waals surface area contributed by atoms with Gasteiger partial charge in [0.1, 0.15) is 5.69 Å². The second kappa shape index (κ2) is 8.08. The summed E-state index contributed by atoms with van der Waals surface area (Å²) < 4.78 is 105. The highest BCUT2D eigenvalue weighted by molar-refractivity contribution is 7.91. The number of aromatic nitrogens is 4. The molecule has 0 aliphatic heterocycles. The molecule has 0 unspecified atom stereocenters. The minimum absolute atomic E-state index is 0.0382. The van der Waals surface area contributed by atoms with Crippen LogP contribution in [0.4, 0.5) is 26.3 Å². The van der Waals surface area contributed by atoms with Crippen LogP contribution in [-0.4, -0.2) is 33.8 Å². The van der Waals surface area contributed by atoms with Gasteiger partial charge in [0.05, 0.1) is 21.9 Å². The van der Waals surface area contributed by atoms with Gasteiger partial charge >= 0.3 is 12.4 Å². The minimum Gasteiger partial charge on any atom is -0.253 e. The summed E-state index contributed by atoms with van der Waals surface area (Å²) in [5.41, 5.74) is -2.25. The van der Waals surface area contributed by atoms with Crippen LogP contribution in [-0.2, 0) is 22.2 Å². The Kier molecular flexibility index (Phi) is 5.62. The van der Waals surface area contributed by atoms with Crippen LogP contribution < -0.4 is 0 Å². The van der Waals surface area contributed by atoms with Gasteiger partial charge in [-0.15, -0.1) is 0 Å². The number of rotatable bonds is 4. The standard InChI is InChI=1S/C21H14F6N4O2S/c1-2-34(32,33)16-9-13(12-4-3-5-14(8-12)20(22,23)24)11-28-19(16)15-6-7-31-18(29-15)10-17(30-31)21(25,26)27/h3-11H,2H2,1H3. The molecule has 6 nitrogen and oxygen atoms in total. The molecule has 3 aromatic heterocycles. The van der Waals surface area contributed by atoms with Crippen molar-refractivity contribution in [2.24, 2.45) is 0 Å². The summed E-state index contributed by atoms with van der Waals surface area (Å²) in [6.45, 7) is 1.37. The van der Waals surface area contributed by atoms with E-state index in [1.807, 2.05) is 0 Å². The lowest BCUT2D eigenvalue weighted by atomic mass is 10.0. The van der Waals surface area contributed by atoms with Gasteiger partial charge in [-0.1, -0.05) is 19.1 Å². The molecule has 0 N–H and O–H groups in total. The fourth-order valence-corrected chi connectivity index (χ4v) is 4.28. The third-order valence-corrected chi connectivity index (χ3v) is 6.69. The van der Waals surface area contributed by atoms with Crippen molar-refractivity contribution in [3.63, 3.8) is 0 Å². The Morgan fingerprint density at radius 1 is 0.941 bits per heavy atom. The Labute approximate surface area is 188 Å². The Morgan fingerprint density at radius 2 is 1.68 bits per heavy atom. The van der Waals surface area contributed by atoms with Crippen LogP contribution in [0.1, 0.15) is 18.2 Å². The first-order chi connectivity index (χ1) is 15.8. The predicted molar refractivity (Wildman–Crippen MR) is 109 cm³/mol. The van der Waals surface area contributed by atoms with Crippen molar-refractivity contribution in [3.05, 3.63) is 66.1 Å². The van der Waals surface area contributed by atoms with Gasteiger partial charge in [0.25, 0.3) is 0 Å². The van der Waals surface area contributed by atoms with Crippen LogP contribution in [0.3, 0.4) is 0 Å². The van der Waals surface area contributed by atoms with Gasteiger partial charge in [-0.2, -0.15) is 31.4 Å². The molecule has 0 saturated heterocycles. The van der Waals surface area contributed by atoms with Crippen molar-refractivity contribution < 1.29 is 34.8 Å². The number of nitrogens with zero attached hydrogens (tertiary/aromatic N) is 4. The van der Waals surface area contributed by atoms with Crippen LogP contribution in [0.2, 0.25) is 0 Å². The topological polar surface area (TPSA) is 77.2 Å². The summed E-state index contributed by atoms with van der Waals surface area (Å²) in [6, 6.07) is 7.45. The molecule has 0 aliphatic rings. The Hall–Kier alpha value is -3.48. The number of alkyl halides is 6. The van der Waals surface area contributed by atoms with Crippen molar-refractivity contribution in [1.29, 1.82) is 0 Å². The van der Waals surface area contributed by atoms with Crippen molar-refractivity contribution in [3.8, 4) is 22.5 Å². The third kappa shape index (κ3) is 4.47. The molecule has 0 saturated carbocycles. The molecule has 0 radical (unpaired) electrons. The van der Waals surface area contributed by atoms with Crippen LogP contribution in [0, 0.1) is 0 Å². The monoisotopic (exact) mass is 500 g/mol. The number of benzene rings is 1. The molecule has 0 spiro atoms. The lowest BCUT2D eigenvalue weighted by Crippen LogP contribution is -2.08. The average Bonchev–Trinajstić information content (AvgIpc) is 3.22. The van der Waals surface area contributed by atoms with E-state index in [9.17, 15) is 34.8 Å². The highest BCUT2D eigenvalue weighted by Gasteiger charge is 2.34. The molecule has 4 rings (SSSR count). The molecule has 0 fully saturated rings. The van der Waals surface area contributed by atoms with Crippen molar-refractivity contribution in [1.82, 2.24) is 19.6 Å². The van der Waals surface area contributed by atoms with Gasteiger partial charge in [0, 0.05) is 24.0 Å². The fourth-order valence-electron chi connectivity index (χ4n) is 3.21. The quantitative estimate of drug-likeness (QED) is 0.356. The van der Waals surface area contributed by atoms with Gasteiger partial charge in [-0.05, 0) is 29.8 Å². The summed E-state index contributed by atoms with van der Waals surface area (Å²) in [4.78, 5) is 7.87. The Balaban J connectivity index is 1.87. The molecule has 0 atom stereocenters. The summed E-state index contributed by atoms with van der Waals surface area (Å²) in [6.07, 6.45) is -6.93. The summed E-state index contributed by atoms with van der Waals surface area (Å²) in [5.74, 6) is -0.346. The number of hydrogen-bond acceptors (Lipinski definition) is 5. The molecule has 0 amide bonds. The lowest BCUT2D eigenvalue weighted by Gasteiger charge is -2.12. The van der Waals surface area contributed by atoms with E-state index in [-0.39, 0.29) is 38.8 Å². The minimum atomic E-state index is -4.70. The molecule has 178 valence electrons. The molecular weight excluding hydrogens is 486 g/mol. The van der Waals surface area contributed by atoms with Crippen LogP contribution in [0.15, 0.2) is 59.8 Å². The Bertz CT molecular complexity index is 1490. The van der Waals surface area contributed by atoms with Gasteiger partial charge in [0.2, 0.25) is 0 Å². The van der Waals surface area contributed by atoms with Gasteiger partial charge in [-0.25, -0.2) is 17.9 Å². The van der Waals surface area contributed by atoms with Crippen molar-refractivity contribution in [2.45, 2.75) is 24.2 Å². The van der Waals surface area contributed by atoms with E-state index in [2.05, 4.69) is 15.1 Å². The lowest BCUT2D eigenvalue weighted by molar-refractivity contribution is -0.141. The Morgan fingerprint density at radius 3 is 2.32 bits per heavy atom. The highest BCUT2D eigenvalue weighted by atomic mass is 32.2. The maximum absolute atomic E-state index is 13.1. The van der Waals surface area contributed by atoms with Crippen LogP contribution >= 0.6 is 0 Å². The summed E-state index contributed by atoms with van der Waals surface area (Å²) in [7, 11) is -3.94. The highest BCUT2D eigenvalue weighted by Crippen LogP contribution is 2.35. The van der Waals surface area contributed by atoms with Gasteiger partial charge in [-0.3, -0.25) is 4.98 Å². The van der Waals surface area contributed by atoms with Crippen LogP contribution in [0.25, 0.3) is 28.2 Å². The number of fused-ring (bicyclic) bond motifs is 1. The SMILES string of the molecule is CCS(=O)(=O)c1cc(-c2cccc(C(F)(F)F)c2)cnc1-c1ccn2nc(C(F)(F)F)cc2n1. The molecule has 0 aliphatic carbocycles. The van der Waals surface area contributed by atoms with E-state index >= 15 is 0 Å². The first-order valence-electron chi connectivity index (χ1n) is 9.64. The first kappa shape index (κ1) is 23.7. The van der Waals surface area contributed by atoms with Gasteiger partial charge < -0.3 is 0 Å². The van der Waals surface area contributed by atoms with E-state index in [4.69, 9.17) is 0 Å². The second-order valence-electron chi connectivity index (χ2n) is 7.20. The van der Waals surface area contributed by atoms with E-state index in [0.717, 1.165) is 16.6 Å². The number of halogens is 6. The first-order valence-corrected chi connectivity index (χ1v) is 11.3. The summed E-state index contributed by atoms with van der Waals surface area (Å²) >= 11 is 0. The third-order valence-electron chi connectivity index (χ3n) is 4.95. The van der Waals surface area contributed by atoms with E-state index < -0.39 is 33.4 Å². The number of hydrogen-bond donors (Lipinski definition) is 0. The number of sulfone groups is 1. The molecule has 1 aromatic carbocycles. The molecule has 3 heterocycles. The molecule has 0 bridgehead atoms. The summed E-state index contributed by atoms with van der Waals surface area (Å²) in [5, 5.41) is 3.39. The molecule has 13 heteroatoms. The van der Waals surface area contributed by atoms with Crippen LogP contribution in [0.5, 0.6) is 0 Å². The maximum atomic E-state index is 13.1. The zero-order valence-corrected chi connectivity index (χ0v) is 18.0. The van der Waals surface area contributed by atoms with Crippen molar-refractivity contribution >= 4 is 15.5 Å². The zero-order chi connectivity index (χ0) is 24.9. The van der Waals surface area contributed by atoms with Crippen molar-refractivity contribution in [2.75, 3.05) is 5.75 Å². The second-order valence-corrected chi connectivity index (χ2v) is 9.44. The van der Waals surface area contributed by atoms with Gasteiger partial charge in [0.15, 0.2) is 21.2 Å². The molecule has 34 heavy (non-hydrogen) atoms. The largest absolute Gasteiger partial charge is 0.435 e. The maximum Gasteiger partial charge on any atom is 0.435 e. The molecule has 4 aromatic rings. The molecular formula is C21H14F6N4O2S. The normalized spacial score (nSPS) is 12.9. The fraction of sp³-hybridized carbons (Fsp3) is 0.190.